The van der Waals surface area contributed by atoms with Crippen LogP contribution in [0.3, 0.4) is 0 Å². The maximum atomic E-state index is 13.6. The van der Waals surface area contributed by atoms with E-state index in [1.54, 1.807) is 12.1 Å². The largest absolute Gasteiger partial charge is 0.368 e. The first-order valence-electron chi connectivity index (χ1n) is 5.09. The molecule has 0 unspecified atom stereocenters. The van der Waals surface area contributed by atoms with E-state index >= 15 is 0 Å². The molecule has 2 aliphatic heterocycles. The predicted molar refractivity (Wildman–Crippen MR) is 58.9 cm³/mol. The molecule has 1 spiro atoms. The summed E-state index contributed by atoms with van der Waals surface area (Å²) < 4.78 is 13.6. The van der Waals surface area contributed by atoms with Gasteiger partial charge in [0.25, 0.3) is 0 Å². The highest BCUT2D eigenvalue weighted by Crippen LogP contribution is 2.38. The Morgan fingerprint density at radius 2 is 2.07 bits per heavy atom. The molecule has 4 heteroatoms. The molecule has 15 heavy (non-hydrogen) atoms. The van der Waals surface area contributed by atoms with Crippen molar-refractivity contribution < 1.29 is 4.39 Å². The van der Waals surface area contributed by atoms with Gasteiger partial charge >= 0.3 is 0 Å². The minimum atomic E-state index is -0.218. The highest BCUT2D eigenvalue weighted by molar-refractivity contribution is 6.30. The van der Waals surface area contributed by atoms with E-state index in [9.17, 15) is 4.39 Å². The lowest BCUT2D eigenvalue weighted by Crippen LogP contribution is -2.71. The van der Waals surface area contributed by atoms with Crippen LogP contribution in [-0.2, 0) is 0 Å². The molecule has 0 aliphatic carbocycles. The third-order valence-corrected chi connectivity index (χ3v) is 3.54. The number of hydrogen-bond acceptors (Lipinski definition) is 2. The van der Waals surface area contributed by atoms with Gasteiger partial charge < -0.3 is 10.2 Å². The first-order chi connectivity index (χ1) is 7.19. The summed E-state index contributed by atoms with van der Waals surface area (Å²) in [6, 6.07) is 4.88. The van der Waals surface area contributed by atoms with E-state index in [0.717, 1.165) is 26.2 Å². The van der Waals surface area contributed by atoms with Gasteiger partial charge in [0, 0.05) is 36.6 Å². The normalized spacial score (nSPS) is 22.4. The lowest BCUT2D eigenvalue weighted by Gasteiger charge is -2.57. The van der Waals surface area contributed by atoms with Crippen LogP contribution in [0.25, 0.3) is 0 Å². The van der Waals surface area contributed by atoms with Crippen LogP contribution in [0.5, 0.6) is 0 Å². The van der Waals surface area contributed by atoms with E-state index in [-0.39, 0.29) is 5.82 Å². The molecular formula is C11H12ClFN2. The van der Waals surface area contributed by atoms with Gasteiger partial charge in [-0.05, 0) is 18.2 Å². The fourth-order valence-electron chi connectivity index (χ4n) is 2.37. The number of nitrogens with one attached hydrogen (secondary N) is 1. The number of benzene rings is 1. The van der Waals surface area contributed by atoms with Crippen LogP contribution in [0.1, 0.15) is 0 Å². The van der Waals surface area contributed by atoms with Gasteiger partial charge in [0.15, 0.2) is 0 Å². The zero-order valence-electron chi connectivity index (χ0n) is 8.26. The SMILES string of the molecule is Fc1cc(Cl)ccc1N1CC2(CNC2)C1. The Kier molecular flexibility index (Phi) is 1.94. The fraction of sp³-hybridized carbons (Fsp3) is 0.455. The van der Waals surface area contributed by atoms with E-state index in [1.807, 2.05) is 0 Å². The number of halogens is 2. The molecule has 0 saturated carbocycles. The highest BCUT2D eigenvalue weighted by Gasteiger charge is 2.47. The van der Waals surface area contributed by atoms with E-state index in [0.29, 0.717) is 16.1 Å². The molecule has 0 atom stereocenters. The van der Waals surface area contributed by atoms with Crippen LogP contribution in [-0.4, -0.2) is 26.2 Å². The van der Waals surface area contributed by atoms with Crippen molar-refractivity contribution in [3.05, 3.63) is 29.0 Å². The summed E-state index contributed by atoms with van der Waals surface area (Å²) in [5, 5.41) is 3.71. The third kappa shape index (κ3) is 1.42. The third-order valence-electron chi connectivity index (χ3n) is 3.30. The van der Waals surface area contributed by atoms with Crippen molar-refractivity contribution in [1.82, 2.24) is 5.32 Å². The van der Waals surface area contributed by atoms with E-state index in [4.69, 9.17) is 11.6 Å². The fourth-order valence-corrected chi connectivity index (χ4v) is 2.53. The van der Waals surface area contributed by atoms with Gasteiger partial charge in [0.05, 0.1) is 5.69 Å². The van der Waals surface area contributed by atoms with Crippen LogP contribution >= 0.6 is 11.6 Å². The second-order valence-electron chi connectivity index (χ2n) is 4.56. The lowest BCUT2D eigenvalue weighted by molar-refractivity contribution is 0.120. The summed E-state index contributed by atoms with van der Waals surface area (Å²) in [5.74, 6) is -0.218. The van der Waals surface area contributed by atoms with Gasteiger partial charge in [0.2, 0.25) is 0 Å². The molecule has 0 bridgehead atoms. The van der Waals surface area contributed by atoms with Crippen LogP contribution < -0.4 is 10.2 Å². The van der Waals surface area contributed by atoms with Crippen LogP contribution in [0, 0.1) is 11.2 Å². The van der Waals surface area contributed by atoms with Crippen molar-refractivity contribution in [2.75, 3.05) is 31.1 Å². The summed E-state index contributed by atoms with van der Waals surface area (Å²) in [6.45, 7) is 4.05. The number of hydrogen-bond donors (Lipinski definition) is 1. The molecular weight excluding hydrogens is 215 g/mol. The van der Waals surface area contributed by atoms with E-state index in [2.05, 4.69) is 10.2 Å². The second kappa shape index (κ2) is 3.09. The highest BCUT2D eigenvalue weighted by atomic mass is 35.5. The summed E-state index contributed by atoms with van der Waals surface area (Å²) in [4.78, 5) is 2.08. The summed E-state index contributed by atoms with van der Waals surface area (Å²) in [7, 11) is 0. The average molecular weight is 227 g/mol. The molecule has 0 amide bonds. The maximum absolute atomic E-state index is 13.6. The van der Waals surface area contributed by atoms with Crippen LogP contribution in [0.4, 0.5) is 10.1 Å². The van der Waals surface area contributed by atoms with Crippen molar-refractivity contribution in [3.63, 3.8) is 0 Å². The lowest BCUT2D eigenvalue weighted by atomic mass is 9.74. The van der Waals surface area contributed by atoms with Crippen molar-refractivity contribution in [2.45, 2.75) is 0 Å². The molecule has 2 fully saturated rings. The van der Waals surface area contributed by atoms with Crippen molar-refractivity contribution in [1.29, 1.82) is 0 Å². The van der Waals surface area contributed by atoms with Gasteiger partial charge in [-0.3, -0.25) is 0 Å². The summed E-state index contributed by atoms with van der Waals surface area (Å²) in [5.41, 5.74) is 1.10. The Morgan fingerprint density at radius 3 is 2.60 bits per heavy atom. The standard InChI is InChI=1S/C11H12ClFN2/c12-8-1-2-10(9(13)3-8)15-6-11(7-15)4-14-5-11/h1-3,14H,4-7H2. The van der Waals surface area contributed by atoms with E-state index < -0.39 is 0 Å². The smallest absolute Gasteiger partial charge is 0.147 e. The molecule has 1 aromatic carbocycles. The summed E-state index contributed by atoms with van der Waals surface area (Å²) >= 11 is 5.71. The Labute approximate surface area is 93.0 Å². The maximum Gasteiger partial charge on any atom is 0.147 e. The monoisotopic (exact) mass is 226 g/mol. The Balaban J connectivity index is 1.77. The number of nitrogens with zero attached hydrogens (tertiary/aromatic N) is 1. The van der Waals surface area contributed by atoms with Gasteiger partial charge in [-0.1, -0.05) is 11.6 Å². The van der Waals surface area contributed by atoms with Crippen LogP contribution in [0.2, 0.25) is 5.02 Å². The van der Waals surface area contributed by atoms with Gasteiger partial charge in [0.1, 0.15) is 5.82 Å². The molecule has 0 aromatic heterocycles. The Hall–Kier alpha value is -0.800. The van der Waals surface area contributed by atoms with Crippen molar-refractivity contribution in [3.8, 4) is 0 Å². The number of anilines is 1. The predicted octanol–water partition coefficient (Wildman–Crippen LogP) is 1.89. The zero-order valence-corrected chi connectivity index (χ0v) is 9.02. The molecule has 2 heterocycles. The van der Waals surface area contributed by atoms with Crippen molar-refractivity contribution >= 4 is 17.3 Å². The van der Waals surface area contributed by atoms with Crippen LogP contribution in [0.15, 0.2) is 18.2 Å². The molecule has 1 N–H and O–H groups in total. The number of rotatable bonds is 1. The minimum absolute atomic E-state index is 0.218. The first kappa shape index (κ1) is 9.43. The molecule has 2 aliphatic rings. The van der Waals surface area contributed by atoms with Gasteiger partial charge in [-0.2, -0.15) is 0 Å². The van der Waals surface area contributed by atoms with E-state index in [1.165, 1.54) is 6.07 Å². The minimum Gasteiger partial charge on any atom is -0.368 e. The molecule has 3 rings (SSSR count). The molecule has 2 saturated heterocycles. The quantitative estimate of drug-likeness (QED) is 0.787. The first-order valence-corrected chi connectivity index (χ1v) is 5.47. The zero-order chi connectivity index (χ0) is 10.5. The molecule has 1 aromatic rings. The van der Waals surface area contributed by atoms with Gasteiger partial charge in [-0.15, -0.1) is 0 Å². The van der Waals surface area contributed by atoms with Crippen molar-refractivity contribution in [2.24, 2.45) is 5.41 Å². The summed E-state index contributed by atoms with van der Waals surface area (Å²) in [6.07, 6.45) is 0. The second-order valence-corrected chi connectivity index (χ2v) is 4.99. The topological polar surface area (TPSA) is 15.3 Å². The Morgan fingerprint density at radius 1 is 1.33 bits per heavy atom. The molecule has 0 radical (unpaired) electrons. The average Bonchev–Trinajstić information content (AvgIpc) is 2.03. The molecule has 80 valence electrons. The van der Waals surface area contributed by atoms with Gasteiger partial charge in [-0.25, -0.2) is 4.39 Å². The Bertz CT molecular complexity index is 396. The molecule has 2 nitrogen and oxygen atoms in total.